The van der Waals surface area contributed by atoms with E-state index in [1.807, 2.05) is 24.3 Å². The Morgan fingerprint density at radius 1 is 1.04 bits per heavy atom. The van der Waals surface area contributed by atoms with Crippen LogP contribution in [0.25, 0.3) is 0 Å². The minimum absolute atomic E-state index is 0.164. The highest BCUT2D eigenvalue weighted by molar-refractivity contribution is 6.30. The molecule has 0 saturated carbocycles. The summed E-state index contributed by atoms with van der Waals surface area (Å²) in [4.78, 5) is 20.7. The number of benzene rings is 1. The first-order valence-electron chi connectivity index (χ1n) is 9.47. The van der Waals surface area contributed by atoms with Crippen molar-refractivity contribution in [3.05, 3.63) is 64.5 Å². The van der Waals surface area contributed by atoms with Crippen molar-refractivity contribution in [3.63, 3.8) is 0 Å². The number of halogens is 1. The first kappa shape index (κ1) is 19.4. The van der Waals surface area contributed by atoms with Gasteiger partial charge in [0, 0.05) is 30.5 Å². The minimum Gasteiger partial charge on any atom is -0.354 e. The van der Waals surface area contributed by atoms with E-state index in [1.54, 1.807) is 12.4 Å². The Hall–Kier alpha value is -2.40. The van der Waals surface area contributed by atoms with Crippen molar-refractivity contribution >= 4 is 23.5 Å². The van der Waals surface area contributed by atoms with Crippen LogP contribution in [0.5, 0.6) is 0 Å². The van der Waals surface area contributed by atoms with Gasteiger partial charge in [0.05, 0.1) is 5.56 Å². The van der Waals surface area contributed by atoms with Crippen LogP contribution < -0.4 is 10.6 Å². The summed E-state index contributed by atoms with van der Waals surface area (Å²) in [6, 6.07) is 7.62. The van der Waals surface area contributed by atoms with Gasteiger partial charge in [0.25, 0.3) is 5.91 Å². The molecular formula is C21H25ClN4O. The quantitative estimate of drug-likeness (QED) is 0.662. The molecule has 0 aliphatic heterocycles. The van der Waals surface area contributed by atoms with Crippen molar-refractivity contribution in [3.8, 4) is 0 Å². The Labute approximate surface area is 165 Å². The number of rotatable bonds is 8. The van der Waals surface area contributed by atoms with Gasteiger partial charge in [0.2, 0.25) is 5.95 Å². The van der Waals surface area contributed by atoms with Gasteiger partial charge in [-0.05, 0) is 56.2 Å². The number of allylic oxidation sites excluding steroid dienone is 1. The SMILES string of the molecule is O=C(NCCc1ccc(Cl)cc1)c1cnc(NCCC2=CCCCC2)nc1. The Morgan fingerprint density at radius 2 is 1.81 bits per heavy atom. The van der Waals surface area contributed by atoms with E-state index >= 15 is 0 Å². The van der Waals surface area contributed by atoms with Crippen molar-refractivity contribution < 1.29 is 4.79 Å². The molecule has 1 amide bonds. The molecule has 6 heteroatoms. The number of amides is 1. The lowest BCUT2D eigenvalue weighted by Gasteiger charge is -2.12. The topological polar surface area (TPSA) is 66.9 Å². The van der Waals surface area contributed by atoms with Crippen LogP contribution in [0.4, 0.5) is 5.95 Å². The maximum Gasteiger partial charge on any atom is 0.254 e. The van der Waals surface area contributed by atoms with Crippen LogP contribution in [0.2, 0.25) is 5.02 Å². The van der Waals surface area contributed by atoms with E-state index in [0.29, 0.717) is 23.1 Å². The third-order valence-corrected chi connectivity index (χ3v) is 4.89. The number of carbonyl (C=O) groups is 1. The number of aromatic nitrogens is 2. The van der Waals surface area contributed by atoms with Gasteiger partial charge >= 0.3 is 0 Å². The van der Waals surface area contributed by atoms with E-state index in [2.05, 4.69) is 26.7 Å². The van der Waals surface area contributed by atoms with Gasteiger partial charge in [-0.1, -0.05) is 35.4 Å². The Morgan fingerprint density at radius 3 is 2.52 bits per heavy atom. The fraction of sp³-hybridized carbons (Fsp3) is 0.381. The van der Waals surface area contributed by atoms with Crippen LogP contribution in [-0.2, 0) is 6.42 Å². The predicted octanol–water partition coefficient (Wildman–Crippen LogP) is 4.40. The summed E-state index contributed by atoms with van der Waals surface area (Å²) in [5.74, 6) is 0.395. The summed E-state index contributed by atoms with van der Waals surface area (Å²) in [6.45, 7) is 1.37. The molecule has 0 saturated heterocycles. The van der Waals surface area contributed by atoms with Crippen LogP contribution in [0.1, 0.15) is 48.0 Å². The average molecular weight is 385 g/mol. The Balaban J connectivity index is 1.40. The van der Waals surface area contributed by atoms with Gasteiger partial charge in [-0.3, -0.25) is 4.79 Å². The molecule has 0 spiro atoms. The zero-order chi connectivity index (χ0) is 18.9. The molecule has 0 bridgehead atoms. The number of hydrogen-bond acceptors (Lipinski definition) is 4. The largest absolute Gasteiger partial charge is 0.354 e. The average Bonchev–Trinajstić information content (AvgIpc) is 2.71. The standard InChI is InChI=1S/C21H25ClN4O/c22-19-8-6-17(7-9-19)10-12-23-20(27)18-14-25-21(26-15-18)24-13-11-16-4-2-1-3-5-16/h4,6-9,14-15H,1-3,5,10-13H2,(H,23,27)(H,24,25,26). The van der Waals surface area contributed by atoms with Crippen LogP contribution in [0.15, 0.2) is 48.3 Å². The van der Waals surface area contributed by atoms with Gasteiger partial charge in [-0.15, -0.1) is 0 Å². The smallest absolute Gasteiger partial charge is 0.254 e. The summed E-state index contributed by atoms with van der Waals surface area (Å²) in [6.07, 6.45) is 12.3. The minimum atomic E-state index is -0.164. The van der Waals surface area contributed by atoms with Gasteiger partial charge in [0.15, 0.2) is 0 Å². The molecule has 2 N–H and O–H groups in total. The van der Waals surface area contributed by atoms with Crippen LogP contribution in [0, 0.1) is 0 Å². The molecule has 0 radical (unpaired) electrons. The molecule has 3 rings (SSSR count). The highest BCUT2D eigenvalue weighted by Gasteiger charge is 2.07. The molecular weight excluding hydrogens is 360 g/mol. The van der Waals surface area contributed by atoms with Crippen LogP contribution in [0.3, 0.4) is 0 Å². The fourth-order valence-corrected chi connectivity index (χ4v) is 3.20. The normalized spacial score (nSPS) is 13.7. The molecule has 1 aliphatic carbocycles. The van der Waals surface area contributed by atoms with Crippen molar-refractivity contribution in [2.75, 3.05) is 18.4 Å². The highest BCUT2D eigenvalue weighted by Crippen LogP contribution is 2.19. The van der Waals surface area contributed by atoms with E-state index in [1.165, 1.54) is 31.3 Å². The zero-order valence-corrected chi connectivity index (χ0v) is 16.1. The maximum atomic E-state index is 12.2. The molecule has 1 aromatic heterocycles. The maximum absolute atomic E-state index is 12.2. The Kier molecular flexibility index (Phi) is 7.22. The lowest BCUT2D eigenvalue weighted by molar-refractivity contribution is 0.0953. The second-order valence-electron chi connectivity index (χ2n) is 6.71. The van der Waals surface area contributed by atoms with Crippen LogP contribution >= 0.6 is 11.6 Å². The van der Waals surface area contributed by atoms with E-state index in [0.717, 1.165) is 24.9 Å². The van der Waals surface area contributed by atoms with Crippen LogP contribution in [-0.4, -0.2) is 29.0 Å². The Bertz CT molecular complexity index is 772. The van der Waals surface area contributed by atoms with E-state index in [9.17, 15) is 4.79 Å². The van der Waals surface area contributed by atoms with Crippen molar-refractivity contribution in [1.82, 2.24) is 15.3 Å². The fourth-order valence-electron chi connectivity index (χ4n) is 3.08. The third-order valence-electron chi connectivity index (χ3n) is 4.64. The number of anilines is 1. The second-order valence-corrected chi connectivity index (χ2v) is 7.15. The molecule has 1 aromatic carbocycles. The summed E-state index contributed by atoms with van der Waals surface area (Å²) in [5.41, 5.74) is 3.11. The third kappa shape index (κ3) is 6.36. The van der Waals surface area contributed by atoms with E-state index in [4.69, 9.17) is 11.6 Å². The lowest BCUT2D eigenvalue weighted by atomic mass is 9.97. The molecule has 0 unspecified atom stereocenters. The van der Waals surface area contributed by atoms with Gasteiger partial charge in [-0.25, -0.2) is 9.97 Å². The van der Waals surface area contributed by atoms with E-state index < -0.39 is 0 Å². The molecule has 142 valence electrons. The number of hydrogen-bond donors (Lipinski definition) is 2. The first-order chi connectivity index (χ1) is 13.2. The molecule has 5 nitrogen and oxygen atoms in total. The monoisotopic (exact) mass is 384 g/mol. The molecule has 1 heterocycles. The predicted molar refractivity (Wildman–Crippen MR) is 109 cm³/mol. The van der Waals surface area contributed by atoms with Crippen molar-refractivity contribution in [1.29, 1.82) is 0 Å². The molecule has 1 aliphatic rings. The first-order valence-corrected chi connectivity index (χ1v) is 9.85. The summed E-state index contributed by atoms with van der Waals surface area (Å²) in [7, 11) is 0. The van der Waals surface area contributed by atoms with Crippen molar-refractivity contribution in [2.24, 2.45) is 0 Å². The molecule has 0 fully saturated rings. The second kappa shape index (κ2) is 10.1. The van der Waals surface area contributed by atoms with Gasteiger partial charge in [-0.2, -0.15) is 0 Å². The highest BCUT2D eigenvalue weighted by atomic mass is 35.5. The van der Waals surface area contributed by atoms with Crippen molar-refractivity contribution in [2.45, 2.75) is 38.5 Å². The lowest BCUT2D eigenvalue weighted by Crippen LogP contribution is -2.26. The number of carbonyl (C=O) groups excluding carboxylic acids is 1. The summed E-state index contributed by atoms with van der Waals surface area (Å²) < 4.78 is 0. The molecule has 2 aromatic rings. The summed E-state index contributed by atoms with van der Waals surface area (Å²) >= 11 is 5.87. The zero-order valence-electron chi connectivity index (χ0n) is 15.4. The van der Waals surface area contributed by atoms with Gasteiger partial charge < -0.3 is 10.6 Å². The number of nitrogens with one attached hydrogen (secondary N) is 2. The number of nitrogens with zero attached hydrogens (tertiary/aromatic N) is 2. The van der Waals surface area contributed by atoms with E-state index in [-0.39, 0.29) is 5.91 Å². The van der Waals surface area contributed by atoms with Gasteiger partial charge in [0.1, 0.15) is 0 Å². The summed E-state index contributed by atoms with van der Waals surface area (Å²) in [5, 5.41) is 6.82. The molecule has 0 atom stereocenters. The molecule has 27 heavy (non-hydrogen) atoms.